The number of piperidine rings is 1. The molecule has 0 aliphatic carbocycles. The number of hydrogen-bond donors (Lipinski definition) is 0. The van der Waals surface area contributed by atoms with Crippen molar-refractivity contribution in [2.24, 2.45) is 0 Å². The van der Waals surface area contributed by atoms with Crippen molar-refractivity contribution < 1.29 is 9.21 Å². The van der Waals surface area contributed by atoms with Gasteiger partial charge >= 0.3 is 0 Å². The zero-order valence-corrected chi connectivity index (χ0v) is 12.3. The van der Waals surface area contributed by atoms with Crippen LogP contribution in [0.2, 0.25) is 0 Å². The average molecular weight is 264 g/mol. The first-order valence-electron chi connectivity index (χ1n) is 7.06. The molecule has 0 unspecified atom stereocenters. The largest absolute Gasteiger partial charge is 0.459 e. The number of rotatable bonds is 3. The molecule has 1 aliphatic rings. The summed E-state index contributed by atoms with van der Waals surface area (Å²) in [6, 6.07) is 2.75. The number of nitrogens with zero attached hydrogens (tertiary/aromatic N) is 2. The van der Waals surface area contributed by atoms with E-state index in [0.717, 1.165) is 31.5 Å². The standard InChI is InChI=1S/C15H24N2O2/c1-11(2)17-8-5-13(6-9-17)16(4)15(18)14-12(3)7-10-19-14/h7,10-11,13H,5-6,8-9H2,1-4H3. The first-order chi connectivity index (χ1) is 9.00. The summed E-state index contributed by atoms with van der Waals surface area (Å²) in [6.45, 7) is 8.49. The summed E-state index contributed by atoms with van der Waals surface area (Å²) in [6.07, 6.45) is 3.66. The molecule has 0 bridgehead atoms. The first kappa shape index (κ1) is 14.1. The molecule has 0 saturated carbocycles. The van der Waals surface area contributed by atoms with Crippen LogP contribution in [0, 0.1) is 6.92 Å². The van der Waals surface area contributed by atoms with Crippen LogP contribution in [-0.2, 0) is 0 Å². The first-order valence-corrected chi connectivity index (χ1v) is 7.06. The molecule has 1 amide bonds. The fourth-order valence-electron chi connectivity index (χ4n) is 2.71. The van der Waals surface area contributed by atoms with Gasteiger partial charge in [-0.25, -0.2) is 0 Å². The van der Waals surface area contributed by atoms with E-state index < -0.39 is 0 Å². The molecule has 1 fully saturated rings. The Kier molecular flexibility index (Phi) is 4.30. The second-order valence-corrected chi connectivity index (χ2v) is 5.71. The molecule has 106 valence electrons. The van der Waals surface area contributed by atoms with Gasteiger partial charge in [-0.15, -0.1) is 0 Å². The lowest BCUT2D eigenvalue weighted by molar-refractivity contribution is 0.0585. The van der Waals surface area contributed by atoms with E-state index in [1.54, 1.807) is 6.26 Å². The third kappa shape index (κ3) is 3.00. The van der Waals surface area contributed by atoms with Gasteiger partial charge in [0.15, 0.2) is 5.76 Å². The Morgan fingerprint density at radius 1 is 1.42 bits per heavy atom. The van der Waals surface area contributed by atoms with Gasteiger partial charge in [0.2, 0.25) is 0 Å². The van der Waals surface area contributed by atoms with Gasteiger partial charge in [-0.1, -0.05) is 0 Å². The van der Waals surface area contributed by atoms with E-state index in [2.05, 4.69) is 18.7 Å². The van der Waals surface area contributed by atoms with Gasteiger partial charge in [-0.2, -0.15) is 0 Å². The summed E-state index contributed by atoms with van der Waals surface area (Å²) in [5.41, 5.74) is 0.913. The van der Waals surface area contributed by atoms with Crippen molar-refractivity contribution >= 4 is 5.91 Å². The number of amides is 1. The summed E-state index contributed by atoms with van der Waals surface area (Å²) >= 11 is 0. The van der Waals surface area contributed by atoms with Crippen LogP contribution < -0.4 is 0 Å². The molecule has 2 heterocycles. The van der Waals surface area contributed by atoms with Crippen molar-refractivity contribution in [3.8, 4) is 0 Å². The van der Waals surface area contributed by atoms with Gasteiger partial charge in [0.1, 0.15) is 0 Å². The van der Waals surface area contributed by atoms with E-state index in [0.29, 0.717) is 17.8 Å². The van der Waals surface area contributed by atoms with Gasteiger partial charge in [0.25, 0.3) is 5.91 Å². The fourth-order valence-corrected chi connectivity index (χ4v) is 2.71. The van der Waals surface area contributed by atoms with E-state index in [1.165, 1.54) is 0 Å². The van der Waals surface area contributed by atoms with E-state index in [1.807, 2.05) is 24.9 Å². The summed E-state index contributed by atoms with van der Waals surface area (Å²) in [4.78, 5) is 16.7. The quantitative estimate of drug-likeness (QED) is 0.842. The molecule has 0 atom stereocenters. The lowest BCUT2D eigenvalue weighted by Gasteiger charge is -2.38. The van der Waals surface area contributed by atoms with Crippen LogP contribution in [0.1, 0.15) is 42.8 Å². The predicted octanol–water partition coefficient (Wildman–Crippen LogP) is 2.53. The maximum absolute atomic E-state index is 12.4. The minimum absolute atomic E-state index is 0.00509. The average Bonchev–Trinajstić information content (AvgIpc) is 2.83. The fraction of sp³-hybridized carbons (Fsp3) is 0.667. The molecule has 1 aliphatic heterocycles. The van der Waals surface area contributed by atoms with Crippen molar-refractivity contribution in [1.82, 2.24) is 9.80 Å². The molecule has 1 aromatic heterocycles. The Hall–Kier alpha value is -1.29. The molecule has 0 aromatic carbocycles. The SMILES string of the molecule is Cc1ccoc1C(=O)N(C)C1CCN(C(C)C)CC1. The summed E-state index contributed by atoms with van der Waals surface area (Å²) in [5, 5.41) is 0. The number of carbonyl (C=O) groups is 1. The number of carbonyl (C=O) groups excluding carboxylic acids is 1. The van der Waals surface area contributed by atoms with Crippen molar-refractivity contribution in [1.29, 1.82) is 0 Å². The zero-order valence-electron chi connectivity index (χ0n) is 12.3. The minimum atomic E-state index is 0.00509. The second-order valence-electron chi connectivity index (χ2n) is 5.71. The predicted molar refractivity (Wildman–Crippen MR) is 75.3 cm³/mol. The van der Waals surface area contributed by atoms with Crippen LogP contribution in [0.4, 0.5) is 0 Å². The van der Waals surface area contributed by atoms with Crippen molar-refractivity contribution in [2.75, 3.05) is 20.1 Å². The number of furan rings is 1. The van der Waals surface area contributed by atoms with Crippen molar-refractivity contribution in [3.63, 3.8) is 0 Å². The number of aryl methyl sites for hydroxylation is 1. The topological polar surface area (TPSA) is 36.7 Å². The molecule has 1 aromatic rings. The zero-order chi connectivity index (χ0) is 14.0. The van der Waals surface area contributed by atoms with E-state index in [4.69, 9.17) is 4.42 Å². The van der Waals surface area contributed by atoms with Gasteiger partial charge in [0, 0.05) is 37.8 Å². The van der Waals surface area contributed by atoms with Crippen molar-refractivity contribution in [2.45, 2.75) is 45.7 Å². The monoisotopic (exact) mass is 264 g/mol. The second kappa shape index (κ2) is 5.78. The van der Waals surface area contributed by atoms with Crippen LogP contribution in [0.15, 0.2) is 16.7 Å². The lowest BCUT2D eigenvalue weighted by Crippen LogP contribution is -2.47. The van der Waals surface area contributed by atoms with Crippen LogP contribution >= 0.6 is 0 Å². The Labute approximate surface area is 115 Å². The molecule has 0 N–H and O–H groups in total. The van der Waals surface area contributed by atoms with Crippen LogP contribution in [0.25, 0.3) is 0 Å². The molecule has 19 heavy (non-hydrogen) atoms. The lowest BCUT2D eigenvalue weighted by atomic mass is 10.0. The molecule has 0 radical (unpaired) electrons. The normalized spacial score (nSPS) is 17.9. The van der Waals surface area contributed by atoms with Gasteiger partial charge in [-0.3, -0.25) is 4.79 Å². The molecule has 1 saturated heterocycles. The van der Waals surface area contributed by atoms with Gasteiger partial charge < -0.3 is 14.2 Å². The Bertz CT molecular complexity index is 431. The molecule has 2 rings (SSSR count). The Morgan fingerprint density at radius 2 is 2.05 bits per heavy atom. The van der Waals surface area contributed by atoms with Gasteiger partial charge in [0.05, 0.1) is 6.26 Å². The number of likely N-dealkylation sites (tertiary alicyclic amines) is 1. The molecule has 0 spiro atoms. The van der Waals surface area contributed by atoms with Gasteiger partial charge in [-0.05, 0) is 39.7 Å². The third-order valence-corrected chi connectivity index (χ3v) is 4.15. The number of hydrogen-bond acceptors (Lipinski definition) is 3. The van der Waals surface area contributed by atoms with E-state index >= 15 is 0 Å². The third-order valence-electron chi connectivity index (χ3n) is 4.15. The summed E-state index contributed by atoms with van der Waals surface area (Å²) in [5.74, 6) is 0.485. The highest BCUT2D eigenvalue weighted by Gasteiger charge is 2.28. The van der Waals surface area contributed by atoms with Crippen LogP contribution in [0.3, 0.4) is 0 Å². The molecule has 4 heteroatoms. The highest BCUT2D eigenvalue weighted by atomic mass is 16.3. The molecular weight excluding hydrogens is 240 g/mol. The highest BCUT2D eigenvalue weighted by Crippen LogP contribution is 2.20. The molecule has 4 nitrogen and oxygen atoms in total. The highest BCUT2D eigenvalue weighted by molar-refractivity contribution is 5.92. The summed E-state index contributed by atoms with van der Waals surface area (Å²) < 4.78 is 5.30. The van der Waals surface area contributed by atoms with E-state index in [-0.39, 0.29) is 5.91 Å². The van der Waals surface area contributed by atoms with E-state index in [9.17, 15) is 4.79 Å². The smallest absolute Gasteiger partial charge is 0.289 e. The van der Waals surface area contributed by atoms with Crippen molar-refractivity contribution in [3.05, 3.63) is 23.7 Å². The van der Waals surface area contributed by atoms with Crippen LogP contribution in [0.5, 0.6) is 0 Å². The summed E-state index contributed by atoms with van der Waals surface area (Å²) in [7, 11) is 1.89. The Morgan fingerprint density at radius 3 is 2.53 bits per heavy atom. The minimum Gasteiger partial charge on any atom is -0.459 e. The van der Waals surface area contributed by atoms with Crippen LogP contribution in [-0.4, -0.2) is 47.9 Å². The maximum Gasteiger partial charge on any atom is 0.289 e. The maximum atomic E-state index is 12.4. The molecular formula is C15H24N2O2. The Balaban J connectivity index is 1.96.